The van der Waals surface area contributed by atoms with Gasteiger partial charge in [-0.05, 0) is 42.8 Å². The van der Waals surface area contributed by atoms with Crippen LogP contribution < -0.4 is 10.6 Å². The summed E-state index contributed by atoms with van der Waals surface area (Å²) in [5.41, 5.74) is 3.85. The van der Waals surface area contributed by atoms with Gasteiger partial charge in [-0.1, -0.05) is 41.4 Å². The number of fused-ring (bicyclic) bond motifs is 1. The lowest BCUT2D eigenvalue weighted by atomic mass is 10.0. The molecule has 2 heterocycles. The average molecular weight is 407 g/mol. The lowest BCUT2D eigenvalue weighted by Crippen LogP contribution is -2.20. The number of hydrogen-bond donors (Lipinski definition) is 2. The van der Waals surface area contributed by atoms with Gasteiger partial charge in [-0.25, -0.2) is 14.2 Å². The Morgan fingerprint density at radius 1 is 1.07 bits per heavy atom. The third kappa shape index (κ3) is 4.17. The van der Waals surface area contributed by atoms with Gasteiger partial charge in [0, 0.05) is 29.0 Å². The molecule has 0 saturated heterocycles. The molecule has 144 valence electrons. The zero-order chi connectivity index (χ0) is 20.4. The van der Waals surface area contributed by atoms with E-state index in [1.807, 2.05) is 37.3 Å². The second kappa shape index (κ2) is 7.85. The Bertz CT molecular complexity index is 1230. The van der Waals surface area contributed by atoms with E-state index in [0.717, 1.165) is 22.1 Å². The molecule has 0 aliphatic heterocycles. The summed E-state index contributed by atoms with van der Waals surface area (Å²) in [6.07, 6.45) is 3.37. The second-order valence-electron chi connectivity index (χ2n) is 6.53. The van der Waals surface area contributed by atoms with E-state index in [-0.39, 0.29) is 5.02 Å². The predicted octanol–water partition coefficient (Wildman–Crippen LogP) is 6.04. The maximum absolute atomic E-state index is 13.3. The Hall–Kier alpha value is -3.51. The van der Waals surface area contributed by atoms with Crippen LogP contribution >= 0.6 is 11.6 Å². The molecule has 2 N–H and O–H groups in total. The average Bonchev–Trinajstić information content (AvgIpc) is 2.70. The van der Waals surface area contributed by atoms with Gasteiger partial charge in [0.15, 0.2) is 0 Å². The highest BCUT2D eigenvalue weighted by atomic mass is 35.5. The lowest BCUT2D eigenvalue weighted by Gasteiger charge is -2.13. The SMILES string of the molecule is Cc1cccc(-c2cc3cnccc3nc2NC(=O)Nc2ccc(F)c(Cl)c2)c1. The number of halogens is 2. The van der Waals surface area contributed by atoms with Crippen LogP contribution in [0.25, 0.3) is 22.0 Å². The number of amides is 2. The summed E-state index contributed by atoms with van der Waals surface area (Å²) in [6, 6.07) is 15.1. The Morgan fingerprint density at radius 2 is 1.93 bits per heavy atom. The van der Waals surface area contributed by atoms with Gasteiger partial charge in [0.2, 0.25) is 0 Å². The van der Waals surface area contributed by atoms with Crippen LogP contribution in [-0.2, 0) is 0 Å². The van der Waals surface area contributed by atoms with E-state index in [9.17, 15) is 9.18 Å². The van der Waals surface area contributed by atoms with Crippen LogP contribution in [0.5, 0.6) is 0 Å². The normalized spacial score (nSPS) is 10.7. The standard InChI is InChI=1S/C22H16ClFN4O/c1-13-3-2-4-14(9-13)17-10-15-12-25-8-7-20(15)27-21(17)28-22(29)26-16-5-6-19(24)18(23)11-16/h2-12H,1H3,(H2,26,27,28,29). The van der Waals surface area contributed by atoms with Crippen molar-refractivity contribution < 1.29 is 9.18 Å². The van der Waals surface area contributed by atoms with Gasteiger partial charge >= 0.3 is 6.03 Å². The molecule has 0 fully saturated rings. The van der Waals surface area contributed by atoms with Gasteiger partial charge in [-0.15, -0.1) is 0 Å². The molecular weight excluding hydrogens is 391 g/mol. The fourth-order valence-electron chi connectivity index (χ4n) is 2.99. The fourth-order valence-corrected chi connectivity index (χ4v) is 3.17. The summed E-state index contributed by atoms with van der Waals surface area (Å²) in [4.78, 5) is 21.3. The van der Waals surface area contributed by atoms with Crippen LogP contribution in [0, 0.1) is 12.7 Å². The third-order valence-corrected chi connectivity index (χ3v) is 4.64. The molecule has 4 rings (SSSR count). The van der Waals surface area contributed by atoms with Crippen LogP contribution in [0.4, 0.5) is 20.7 Å². The van der Waals surface area contributed by atoms with Gasteiger partial charge in [-0.2, -0.15) is 0 Å². The maximum Gasteiger partial charge on any atom is 0.324 e. The van der Waals surface area contributed by atoms with Gasteiger partial charge in [0.25, 0.3) is 0 Å². The first-order chi connectivity index (χ1) is 14.0. The van der Waals surface area contributed by atoms with E-state index in [2.05, 4.69) is 20.6 Å². The Morgan fingerprint density at radius 3 is 2.72 bits per heavy atom. The van der Waals surface area contributed by atoms with Crippen molar-refractivity contribution in [2.75, 3.05) is 10.6 Å². The minimum absolute atomic E-state index is 0.0698. The van der Waals surface area contributed by atoms with Crippen LogP contribution in [-0.4, -0.2) is 16.0 Å². The summed E-state index contributed by atoms with van der Waals surface area (Å²) in [7, 11) is 0. The van der Waals surface area contributed by atoms with Gasteiger partial charge in [0.1, 0.15) is 11.6 Å². The van der Waals surface area contributed by atoms with Crippen molar-refractivity contribution in [3.63, 3.8) is 0 Å². The highest BCUT2D eigenvalue weighted by Crippen LogP contribution is 2.30. The summed E-state index contributed by atoms with van der Waals surface area (Å²) in [6.45, 7) is 2.00. The molecular formula is C22H16ClFN4O. The smallest absolute Gasteiger partial charge is 0.308 e. The van der Waals surface area contributed by atoms with Gasteiger partial charge < -0.3 is 5.32 Å². The maximum atomic E-state index is 13.3. The van der Waals surface area contributed by atoms with E-state index in [4.69, 9.17) is 11.6 Å². The van der Waals surface area contributed by atoms with Gasteiger partial charge in [0.05, 0.1) is 10.5 Å². The molecule has 2 aromatic heterocycles. The molecule has 2 aromatic carbocycles. The number of nitrogens with zero attached hydrogens (tertiary/aromatic N) is 2. The van der Waals surface area contributed by atoms with Gasteiger partial charge in [-0.3, -0.25) is 10.3 Å². The Balaban J connectivity index is 1.70. The molecule has 0 aliphatic rings. The monoisotopic (exact) mass is 406 g/mol. The first kappa shape index (κ1) is 18.8. The van der Waals surface area contributed by atoms with E-state index >= 15 is 0 Å². The molecule has 0 spiro atoms. The molecule has 5 nitrogen and oxygen atoms in total. The highest BCUT2D eigenvalue weighted by Gasteiger charge is 2.13. The number of aromatic nitrogens is 2. The summed E-state index contributed by atoms with van der Waals surface area (Å²) < 4.78 is 13.3. The molecule has 0 bridgehead atoms. The van der Waals surface area contributed by atoms with Crippen LogP contribution in [0.15, 0.2) is 67.0 Å². The zero-order valence-electron chi connectivity index (χ0n) is 15.4. The minimum atomic E-state index is -0.552. The number of carbonyl (C=O) groups excluding carboxylic acids is 1. The molecule has 0 aliphatic carbocycles. The molecule has 0 atom stereocenters. The van der Waals surface area contributed by atoms with Crippen molar-refractivity contribution in [3.8, 4) is 11.1 Å². The first-order valence-electron chi connectivity index (χ1n) is 8.84. The molecule has 2 amide bonds. The Kier molecular flexibility index (Phi) is 5.10. The number of pyridine rings is 2. The van der Waals surface area contributed by atoms with Crippen molar-refractivity contribution in [2.24, 2.45) is 0 Å². The number of nitrogens with one attached hydrogen (secondary N) is 2. The summed E-state index contributed by atoms with van der Waals surface area (Å²) in [5.74, 6) is -0.149. The molecule has 0 saturated carbocycles. The molecule has 29 heavy (non-hydrogen) atoms. The minimum Gasteiger partial charge on any atom is -0.308 e. The number of anilines is 2. The molecule has 0 radical (unpaired) electrons. The topological polar surface area (TPSA) is 66.9 Å². The van der Waals surface area contributed by atoms with Crippen molar-refractivity contribution >= 4 is 40.0 Å². The summed E-state index contributed by atoms with van der Waals surface area (Å²) in [5, 5.41) is 6.22. The van der Waals surface area contributed by atoms with Crippen LogP contribution in [0.2, 0.25) is 5.02 Å². The zero-order valence-corrected chi connectivity index (χ0v) is 16.2. The van der Waals surface area contributed by atoms with E-state index in [0.29, 0.717) is 17.0 Å². The largest absolute Gasteiger partial charge is 0.324 e. The molecule has 7 heteroatoms. The number of urea groups is 1. The number of benzene rings is 2. The molecule has 4 aromatic rings. The number of aryl methyl sites for hydroxylation is 1. The second-order valence-corrected chi connectivity index (χ2v) is 6.94. The third-order valence-electron chi connectivity index (χ3n) is 4.35. The number of rotatable bonds is 3. The highest BCUT2D eigenvalue weighted by molar-refractivity contribution is 6.31. The van der Waals surface area contributed by atoms with Crippen LogP contribution in [0.3, 0.4) is 0 Å². The summed E-state index contributed by atoms with van der Waals surface area (Å²) >= 11 is 5.78. The van der Waals surface area contributed by atoms with Crippen molar-refractivity contribution in [1.29, 1.82) is 0 Å². The van der Waals surface area contributed by atoms with Crippen molar-refractivity contribution in [3.05, 3.63) is 83.4 Å². The quantitative estimate of drug-likeness (QED) is 0.435. The fraction of sp³-hybridized carbons (Fsp3) is 0.0455. The van der Waals surface area contributed by atoms with Crippen LogP contribution in [0.1, 0.15) is 5.56 Å². The van der Waals surface area contributed by atoms with E-state index in [1.54, 1.807) is 18.5 Å². The lowest BCUT2D eigenvalue weighted by molar-refractivity contribution is 0.262. The predicted molar refractivity (Wildman–Crippen MR) is 114 cm³/mol. The number of carbonyl (C=O) groups is 1. The van der Waals surface area contributed by atoms with Crippen molar-refractivity contribution in [1.82, 2.24) is 9.97 Å². The van der Waals surface area contributed by atoms with Crippen molar-refractivity contribution in [2.45, 2.75) is 6.92 Å². The van der Waals surface area contributed by atoms with E-state index < -0.39 is 11.8 Å². The first-order valence-corrected chi connectivity index (χ1v) is 9.22. The van der Waals surface area contributed by atoms with E-state index in [1.165, 1.54) is 18.2 Å². The Labute approximate surface area is 171 Å². The molecule has 0 unspecified atom stereocenters. The number of hydrogen-bond acceptors (Lipinski definition) is 3.